The highest BCUT2D eigenvalue weighted by atomic mass is 32.1. The lowest BCUT2D eigenvalue weighted by molar-refractivity contribution is 0.0667. The highest BCUT2D eigenvalue weighted by Crippen LogP contribution is 2.34. The quantitative estimate of drug-likeness (QED) is 0.830. The van der Waals surface area contributed by atoms with Gasteiger partial charge >= 0.3 is 0 Å². The number of aromatic nitrogens is 4. The number of hydrogen-bond acceptors (Lipinski definition) is 6. The summed E-state index contributed by atoms with van der Waals surface area (Å²) in [5.41, 5.74) is 4.21. The van der Waals surface area contributed by atoms with Gasteiger partial charge in [0.15, 0.2) is 0 Å². The van der Waals surface area contributed by atoms with E-state index in [1.165, 1.54) is 24.2 Å². The van der Waals surface area contributed by atoms with E-state index in [0.717, 1.165) is 23.9 Å². The number of carbonyl (C=O) groups excluding carboxylic acids is 1. The van der Waals surface area contributed by atoms with Crippen molar-refractivity contribution in [2.75, 3.05) is 20.3 Å². The molecular weight excluding hydrogens is 314 g/mol. The zero-order chi connectivity index (χ0) is 15.8. The smallest absolute Gasteiger partial charge is 0.273 e. The van der Waals surface area contributed by atoms with Crippen LogP contribution in [0.5, 0.6) is 0 Å². The van der Waals surface area contributed by atoms with Crippen molar-refractivity contribution in [3.63, 3.8) is 0 Å². The second-order valence-corrected chi connectivity index (χ2v) is 6.98. The van der Waals surface area contributed by atoms with E-state index in [0.29, 0.717) is 25.4 Å². The SMILES string of the molecule is COC[C@H]1CN(C(=O)c2cscn2)Cc2nnn(CC3CC3)c21. The molecule has 0 N–H and O–H groups in total. The predicted octanol–water partition coefficient (Wildman–Crippen LogP) is 1.53. The van der Waals surface area contributed by atoms with E-state index < -0.39 is 0 Å². The summed E-state index contributed by atoms with van der Waals surface area (Å²) in [6.07, 6.45) is 2.55. The third-order valence-electron chi connectivity index (χ3n) is 4.45. The number of ether oxygens (including phenoxy) is 1. The number of methoxy groups -OCH3 is 1. The van der Waals surface area contributed by atoms with Crippen molar-refractivity contribution >= 4 is 17.2 Å². The summed E-state index contributed by atoms with van der Waals surface area (Å²) in [7, 11) is 1.69. The number of thiazole rings is 1. The van der Waals surface area contributed by atoms with Crippen molar-refractivity contribution in [1.82, 2.24) is 24.9 Å². The number of rotatable bonds is 5. The Labute approximate surface area is 138 Å². The molecule has 3 heterocycles. The van der Waals surface area contributed by atoms with Crippen molar-refractivity contribution < 1.29 is 9.53 Å². The first kappa shape index (κ1) is 14.8. The summed E-state index contributed by atoms with van der Waals surface area (Å²) in [5, 5.41) is 10.4. The van der Waals surface area contributed by atoms with Crippen LogP contribution in [0.3, 0.4) is 0 Å². The highest BCUT2D eigenvalue weighted by molar-refractivity contribution is 7.07. The number of nitrogens with zero attached hydrogens (tertiary/aromatic N) is 5. The van der Waals surface area contributed by atoms with Gasteiger partial charge in [0.25, 0.3) is 5.91 Å². The van der Waals surface area contributed by atoms with Crippen molar-refractivity contribution in [1.29, 1.82) is 0 Å². The summed E-state index contributed by atoms with van der Waals surface area (Å²) in [6, 6.07) is 0. The lowest BCUT2D eigenvalue weighted by Crippen LogP contribution is -2.40. The Hall–Kier alpha value is -1.80. The molecule has 2 aliphatic rings. The van der Waals surface area contributed by atoms with Gasteiger partial charge in [0.2, 0.25) is 0 Å². The second kappa shape index (κ2) is 6.01. The Kier molecular flexibility index (Phi) is 3.86. The maximum absolute atomic E-state index is 12.6. The molecule has 4 rings (SSSR count). The number of fused-ring (bicyclic) bond motifs is 1. The van der Waals surface area contributed by atoms with Gasteiger partial charge in [-0.3, -0.25) is 4.79 Å². The standard InChI is InChI=1S/C15H19N5O2S/c1-22-7-11-5-19(15(21)13-8-23-9-16-13)6-12-14(11)20(18-17-12)4-10-2-3-10/h8-11H,2-7H2,1H3/t11-/m1/s1. The van der Waals surface area contributed by atoms with Gasteiger partial charge in [0.1, 0.15) is 11.4 Å². The molecule has 0 aromatic carbocycles. The van der Waals surface area contributed by atoms with Crippen LogP contribution in [0.15, 0.2) is 10.9 Å². The largest absolute Gasteiger partial charge is 0.384 e. The van der Waals surface area contributed by atoms with E-state index in [2.05, 4.69) is 15.3 Å². The summed E-state index contributed by atoms with van der Waals surface area (Å²) < 4.78 is 7.41. The molecule has 1 atom stereocenters. The predicted molar refractivity (Wildman–Crippen MR) is 84.2 cm³/mol. The minimum atomic E-state index is -0.0465. The molecule has 0 radical (unpaired) electrons. The minimum absolute atomic E-state index is 0.0465. The molecule has 1 saturated carbocycles. The van der Waals surface area contributed by atoms with Gasteiger partial charge in [-0.05, 0) is 18.8 Å². The molecule has 122 valence electrons. The second-order valence-electron chi connectivity index (χ2n) is 6.26. The Morgan fingerprint density at radius 3 is 3.04 bits per heavy atom. The Morgan fingerprint density at radius 1 is 1.48 bits per heavy atom. The first-order chi connectivity index (χ1) is 11.3. The van der Waals surface area contributed by atoms with Gasteiger partial charge in [-0.25, -0.2) is 9.67 Å². The summed E-state index contributed by atoms with van der Waals surface area (Å²) in [6.45, 7) is 2.61. The third kappa shape index (κ3) is 2.88. The van der Waals surface area contributed by atoms with Crippen LogP contribution in [0.25, 0.3) is 0 Å². The number of hydrogen-bond donors (Lipinski definition) is 0. The van der Waals surface area contributed by atoms with E-state index in [1.807, 2.05) is 4.68 Å². The lowest BCUT2D eigenvalue weighted by atomic mass is 9.98. The summed E-state index contributed by atoms with van der Waals surface area (Å²) in [4.78, 5) is 18.5. The van der Waals surface area contributed by atoms with E-state index in [4.69, 9.17) is 4.74 Å². The summed E-state index contributed by atoms with van der Waals surface area (Å²) >= 11 is 1.43. The fourth-order valence-electron chi connectivity index (χ4n) is 3.16. The van der Waals surface area contributed by atoms with Gasteiger partial charge < -0.3 is 9.64 Å². The molecule has 7 nitrogen and oxygen atoms in total. The monoisotopic (exact) mass is 333 g/mol. The van der Waals surface area contributed by atoms with Crippen molar-refractivity contribution in [3.8, 4) is 0 Å². The van der Waals surface area contributed by atoms with Crippen molar-refractivity contribution in [2.45, 2.75) is 31.8 Å². The Bertz CT molecular complexity index is 695. The van der Waals surface area contributed by atoms with Crippen LogP contribution in [-0.4, -0.2) is 51.0 Å². The molecule has 2 aromatic heterocycles. The molecule has 1 fully saturated rings. The molecule has 23 heavy (non-hydrogen) atoms. The zero-order valence-corrected chi connectivity index (χ0v) is 13.8. The molecule has 1 aliphatic carbocycles. The van der Waals surface area contributed by atoms with Gasteiger partial charge in [-0.1, -0.05) is 5.21 Å². The van der Waals surface area contributed by atoms with Crippen LogP contribution in [0.4, 0.5) is 0 Å². The van der Waals surface area contributed by atoms with Crippen LogP contribution in [0.1, 0.15) is 40.6 Å². The number of carbonyl (C=O) groups is 1. The Balaban J connectivity index is 1.60. The fourth-order valence-corrected chi connectivity index (χ4v) is 3.69. The minimum Gasteiger partial charge on any atom is -0.384 e. The maximum atomic E-state index is 12.6. The molecular formula is C15H19N5O2S. The van der Waals surface area contributed by atoms with Gasteiger partial charge in [-0.2, -0.15) is 0 Å². The zero-order valence-electron chi connectivity index (χ0n) is 13.0. The lowest BCUT2D eigenvalue weighted by Gasteiger charge is -2.31. The summed E-state index contributed by atoms with van der Waals surface area (Å²) in [5.74, 6) is 0.800. The molecule has 0 bridgehead atoms. The normalized spacial score (nSPS) is 20.6. The first-order valence-electron chi connectivity index (χ1n) is 7.85. The van der Waals surface area contributed by atoms with Crippen LogP contribution in [-0.2, 0) is 17.8 Å². The topological polar surface area (TPSA) is 73.1 Å². The van der Waals surface area contributed by atoms with Crippen molar-refractivity contribution in [2.24, 2.45) is 5.92 Å². The van der Waals surface area contributed by atoms with E-state index in [1.54, 1.807) is 22.9 Å². The van der Waals surface area contributed by atoms with E-state index >= 15 is 0 Å². The van der Waals surface area contributed by atoms with Crippen LogP contribution in [0, 0.1) is 5.92 Å². The third-order valence-corrected chi connectivity index (χ3v) is 5.04. The van der Waals surface area contributed by atoms with Crippen LogP contribution < -0.4 is 0 Å². The molecule has 0 spiro atoms. The average molecular weight is 333 g/mol. The van der Waals surface area contributed by atoms with Gasteiger partial charge in [-0.15, -0.1) is 16.4 Å². The molecule has 1 amide bonds. The molecule has 1 aliphatic heterocycles. The molecule has 0 saturated heterocycles. The number of amides is 1. The molecule has 2 aromatic rings. The van der Waals surface area contributed by atoms with E-state index in [9.17, 15) is 4.79 Å². The van der Waals surface area contributed by atoms with Crippen LogP contribution >= 0.6 is 11.3 Å². The fraction of sp³-hybridized carbons (Fsp3) is 0.600. The van der Waals surface area contributed by atoms with E-state index in [-0.39, 0.29) is 11.8 Å². The van der Waals surface area contributed by atoms with Gasteiger partial charge in [0, 0.05) is 31.5 Å². The highest BCUT2D eigenvalue weighted by Gasteiger charge is 2.35. The maximum Gasteiger partial charge on any atom is 0.273 e. The van der Waals surface area contributed by atoms with Crippen molar-refractivity contribution in [3.05, 3.63) is 28.0 Å². The Morgan fingerprint density at radius 2 is 2.35 bits per heavy atom. The van der Waals surface area contributed by atoms with Gasteiger partial charge in [0.05, 0.1) is 24.4 Å². The molecule has 8 heteroatoms. The van der Waals surface area contributed by atoms with Crippen LogP contribution in [0.2, 0.25) is 0 Å². The average Bonchev–Trinajstić information content (AvgIpc) is 3.04. The molecule has 0 unspecified atom stereocenters. The first-order valence-corrected chi connectivity index (χ1v) is 8.79.